The number of hydrogen-bond acceptors (Lipinski definition) is 6. The average molecular weight is 334 g/mol. The van der Waals surface area contributed by atoms with Crippen LogP contribution < -0.4 is 15.0 Å². The Labute approximate surface area is 138 Å². The summed E-state index contributed by atoms with van der Waals surface area (Å²) in [5.41, 5.74) is 0.108. The van der Waals surface area contributed by atoms with Crippen molar-refractivity contribution in [2.45, 2.75) is 13.0 Å². The SMILES string of the molecule is C[C@@H]1CNCCN1C(=O)CN1C(=O)COc2ccc([N+](=O)[O-])cc21. The Hall–Kier alpha value is -2.68. The Bertz CT molecular complexity index is 692. The summed E-state index contributed by atoms with van der Waals surface area (Å²) in [5.74, 6) is -0.211. The van der Waals surface area contributed by atoms with Crippen molar-refractivity contribution in [2.24, 2.45) is 0 Å². The number of non-ortho nitro benzene ring substituents is 1. The average Bonchev–Trinajstić information content (AvgIpc) is 2.57. The number of nitro benzene ring substituents is 1. The fourth-order valence-electron chi connectivity index (χ4n) is 2.92. The highest BCUT2D eigenvalue weighted by molar-refractivity contribution is 6.02. The summed E-state index contributed by atoms with van der Waals surface area (Å²) in [4.78, 5) is 38.2. The Kier molecular flexibility index (Phi) is 4.34. The molecule has 1 N–H and O–H groups in total. The van der Waals surface area contributed by atoms with E-state index < -0.39 is 4.92 Å². The molecule has 1 aromatic carbocycles. The zero-order valence-corrected chi connectivity index (χ0v) is 13.2. The minimum Gasteiger partial charge on any atom is -0.482 e. The fourth-order valence-corrected chi connectivity index (χ4v) is 2.92. The van der Waals surface area contributed by atoms with E-state index in [-0.39, 0.29) is 42.4 Å². The second-order valence-electron chi connectivity index (χ2n) is 5.82. The van der Waals surface area contributed by atoms with Gasteiger partial charge in [-0.25, -0.2) is 0 Å². The van der Waals surface area contributed by atoms with Crippen LogP contribution in [0.15, 0.2) is 18.2 Å². The van der Waals surface area contributed by atoms with Crippen LogP contribution in [-0.2, 0) is 9.59 Å². The van der Waals surface area contributed by atoms with Crippen LogP contribution in [0.4, 0.5) is 11.4 Å². The van der Waals surface area contributed by atoms with E-state index in [2.05, 4.69) is 5.32 Å². The number of nitrogens with zero attached hydrogens (tertiary/aromatic N) is 3. The molecular formula is C15H18N4O5. The van der Waals surface area contributed by atoms with Crippen LogP contribution in [-0.4, -0.2) is 60.5 Å². The quantitative estimate of drug-likeness (QED) is 0.623. The van der Waals surface area contributed by atoms with Crippen LogP contribution in [0.3, 0.4) is 0 Å². The van der Waals surface area contributed by atoms with Crippen LogP contribution in [0.1, 0.15) is 6.92 Å². The molecule has 2 amide bonds. The van der Waals surface area contributed by atoms with E-state index in [1.807, 2.05) is 6.92 Å². The molecule has 24 heavy (non-hydrogen) atoms. The first kappa shape index (κ1) is 16.2. The molecule has 1 atom stereocenters. The highest BCUT2D eigenvalue weighted by Crippen LogP contribution is 2.35. The molecule has 1 fully saturated rings. The summed E-state index contributed by atoms with van der Waals surface area (Å²) in [7, 11) is 0. The molecule has 0 saturated carbocycles. The summed E-state index contributed by atoms with van der Waals surface area (Å²) >= 11 is 0. The zero-order chi connectivity index (χ0) is 17.3. The third-order valence-corrected chi connectivity index (χ3v) is 4.21. The predicted molar refractivity (Wildman–Crippen MR) is 85.0 cm³/mol. The summed E-state index contributed by atoms with van der Waals surface area (Å²) in [6.07, 6.45) is 0. The molecule has 128 valence electrons. The lowest BCUT2D eigenvalue weighted by Crippen LogP contribution is -2.55. The molecule has 2 aliphatic rings. The Morgan fingerprint density at radius 2 is 2.29 bits per heavy atom. The lowest BCUT2D eigenvalue weighted by atomic mass is 10.2. The molecule has 3 rings (SSSR count). The first-order valence-corrected chi connectivity index (χ1v) is 7.69. The monoisotopic (exact) mass is 334 g/mol. The van der Waals surface area contributed by atoms with Crippen LogP contribution in [0.25, 0.3) is 0 Å². The molecule has 0 radical (unpaired) electrons. The van der Waals surface area contributed by atoms with Crippen molar-refractivity contribution in [3.05, 3.63) is 28.3 Å². The first-order chi connectivity index (χ1) is 11.5. The van der Waals surface area contributed by atoms with Crippen molar-refractivity contribution in [2.75, 3.05) is 37.7 Å². The minimum absolute atomic E-state index is 0.0342. The molecule has 0 aliphatic carbocycles. The Balaban J connectivity index is 1.85. The summed E-state index contributed by atoms with van der Waals surface area (Å²) in [6, 6.07) is 4.06. The molecule has 9 heteroatoms. The first-order valence-electron chi connectivity index (χ1n) is 7.69. The predicted octanol–water partition coefficient (Wildman–Crippen LogP) is 0.141. The van der Waals surface area contributed by atoms with Gasteiger partial charge >= 0.3 is 0 Å². The number of carbonyl (C=O) groups excluding carboxylic acids is 2. The standard InChI is InChI=1S/C15H18N4O5/c1-10-7-16-4-5-17(10)14(20)8-18-12-6-11(19(22)23)2-3-13(12)24-9-15(18)21/h2-3,6,10,16H,4-5,7-9H2,1H3/t10-/m1/s1. The maximum atomic E-state index is 12.6. The molecule has 2 aliphatic heterocycles. The van der Waals surface area contributed by atoms with E-state index in [4.69, 9.17) is 4.74 Å². The van der Waals surface area contributed by atoms with Crippen LogP contribution >= 0.6 is 0 Å². The minimum atomic E-state index is -0.544. The number of anilines is 1. The van der Waals surface area contributed by atoms with Gasteiger partial charge in [-0.15, -0.1) is 0 Å². The molecule has 9 nitrogen and oxygen atoms in total. The zero-order valence-electron chi connectivity index (χ0n) is 13.2. The molecule has 0 spiro atoms. The van der Waals surface area contributed by atoms with Gasteiger partial charge in [-0.05, 0) is 13.0 Å². The number of nitrogens with one attached hydrogen (secondary N) is 1. The number of piperazine rings is 1. The van der Waals surface area contributed by atoms with E-state index >= 15 is 0 Å². The molecule has 1 saturated heterocycles. The van der Waals surface area contributed by atoms with Crippen LogP contribution in [0.2, 0.25) is 0 Å². The topological polar surface area (TPSA) is 105 Å². The van der Waals surface area contributed by atoms with Gasteiger partial charge < -0.3 is 15.0 Å². The molecule has 1 aromatic rings. The van der Waals surface area contributed by atoms with Crippen molar-refractivity contribution >= 4 is 23.2 Å². The summed E-state index contributed by atoms with van der Waals surface area (Å²) in [5, 5.41) is 14.2. The molecule has 0 bridgehead atoms. The second kappa shape index (κ2) is 6.44. The lowest BCUT2D eigenvalue weighted by Gasteiger charge is -2.36. The lowest BCUT2D eigenvalue weighted by molar-refractivity contribution is -0.384. The van der Waals surface area contributed by atoms with Gasteiger partial charge in [-0.2, -0.15) is 0 Å². The summed E-state index contributed by atoms with van der Waals surface area (Å²) < 4.78 is 5.30. The largest absolute Gasteiger partial charge is 0.482 e. The second-order valence-corrected chi connectivity index (χ2v) is 5.82. The van der Waals surface area contributed by atoms with E-state index in [1.54, 1.807) is 4.90 Å². The van der Waals surface area contributed by atoms with E-state index in [0.29, 0.717) is 25.4 Å². The maximum Gasteiger partial charge on any atom is 0.271 e. The van der Waals surface area contributed by atoms with Crippen molar-refractivity contribution in [1.82, 2.24) is 10.2 Å². The van der Waals surface area contributed by atoms with E-state index in [9.17, 15) is 19.7 Å². The molecule has 2 heterocycles. The van der Waals surface area contributed by atoms with Gasteiger partial charge in [0, 0.05) is 37.8 Å². The molecular weight excluding hydrogens is 316 g/mol. The maximum absolute atomic E-state index is 12.6. The number of amides is 2. The Morgan fingerprint density at radius 1 is 1.50 bits per heavy atom. The fraction of sp³-hybridized carbons (Fsp3) is 0.467. The van der Waals surface area contributed by atoms with Crippen LogP contribution in [0.5, 0.6) is 5.75 Å². The van der Waals surface area contributed by atoms with Gasteiger partial charge in [0.25, 0.3) is 11.6 Å². The van der Waals surface area contributed by atoms with Gasteiger partial charge in [0.15, 0.2) is 6.61 Å². The van der Waals surface area contributed by atoms with Gasteiger partial charge in [0.05, 0.1) is 10.6 Å². The van der Waals surface area contributed by atoms with Gasteiger partial charge in [-0.1, -0.05) is 0 Å². The smallest absolute Gasteiger partial charge is 0.271 e. The van der Waals surface area contributed by atoms with Crippen molar-refractivity contribution < 1.29 is 19.2 Å². The third-order valence-electron chi connectivity index (χ3n) is 4.21. The number of ether oxygens (including phenoxy) is 1. The van der Waals surface area contributed by atoms with E-state index in [0.717, 1.165) is 0 Å². The number of nitro groups is 1. The van der Waals surface area contributed by atoms with Crippen molar-refractivity contribution in [3.8, 4) is 5.75 Å². The summed E-state index contributed by atoms with van der Waals surface area (Å²) in [6.45, 7) is 3.57. The van der Waals surface area contributed by atoms with Gasteiger partial charge in [0.1, 0.15) is 12.3 Å². The highest BCUT2D eigenvalue weighted by Gasteiger charge is 2.32. The highest BCUT2D eigenvalue weighted by atomic mass is 16.6. The third kappa shape index (κ3) is 3.02. The Morgan fingerprint density at radius 3 is 3.00 bits per heavy atom. The number of benzene rings is 1. The number of carbonyl (C=O) groups is 2. The van der Waals surface area contributed by atoms with Crippen molar-refractivity contribution in [3.63, 3.8) is 0 Å². The van der Waals surface area contributed by atoms with Crippen LogP contribution in [0, 0.1) is 10.1 Å². The number of rotatable bonds is 3. The van der Waals surface area contributed by atoms with Gasteiger partial charge in [-0.3, -0.25) is 24.6 Å². The molecule has 0 unspecified atom stereocenters. The number of hydrogen-bond donors (Lipinski definition) is 1. The number of fused-ring (bicyclic) bond motifs is 1. The van der Waals surface area contributed by atoms with Gasteiger partial charge in [0.2, 0.25) is 5.91 Å². The van der Waals surface area contributed by atoms with Crippen molar-refractivity contribution in [1.29, 1.82) is 0 Å². The van der Waals surface area contributed by atoms with E-state index in [1.165, 1.54) is 23.1 Å². The molecule has 0 aromatic heterocycles. The normalized spacial score (nSPS) is 20.4.